The number of anilines is 1. The van der Waals surface area contributed by atoms with Gasteiger partial charge in [0.1, 0.15) is 17.5 Å². The van der Waals surface area contributed by atoms with E-state index in [0.29, 0.717) is 0 Å². The van der Waals surface area contributed by atoms with E-state index in [2.05, 4.69) is 4.98 Å². The van der Waals surface area contributed by atoms with Crippen molar-refractivity contribution in [2.75, 3.05) is 18.9 Å². The van der Waals surface area contributed by atoms with Crippen LogP contribution in [0.1, 0.15) is 6.23 Å². The molecule has 3 rings (SSSR count). The van der Waals surface area contributed by atoms with E-state index >= 15 is 0 Å². The first-order valence-electron chi connectivity index (χ1n) is 5.46. The van der Waals surface area contributed by atoms with Crippen LogP contribution in [-0.4, -0.2) is 45.7 Å². The van der Waals surface area contributed by atoms with Crippen molar-refractivity contribution < 1.29 is 19.0 Å². The number of rotatable bonds is 2. The molecule has 0 bridgehead atoms. The van der Waals surface area contributed by atoms with Crippen LogP contribution in [0.15, 0.2) is 17.1 Å². The summed E-state index contributed by atoms with van der Waals surface area (Å²) in [6, 6.07) is 1.38. The normalized spacial score (nSPS) is 38.2. The largest absolute Gasteiger partial charge is 0.393 e. The van der Waals surface area contributed by atoms with E-state index in [9.17, 15) is 14.3 Å². The number of hydrogen-bond acceptors (Lipinski definition) is 6. The Labute approximate surface area is 101 Å². The van der Waals surface area contributed by atoms with E-state index in [1.807, 2.05) is 0 Å². The zero-order chi connectivity index (χ0) is 12.9. The Morgan fingerprint density at radius 2 is 2.50 bits per heavy atom. The van der Waals surface area contributed by atoms with Gasteiger partial charge in [-0.3, -0.25) is 4.57 Å². The molecule has 0 spiro atoms. The van der Waals surface area contributed by atoms with Crippen LogP contribution in [0.4, 0.5) is 10.2 Å². The molecule has 18 heavy (non-hydrogen) atoms. The van der Waals surface area contributed by atoms with E-state index in [1.165, 1.54) is 12.3 Å². The maximum atomic E-state index is 14.1. The van der Waals surface area contributed by atoms with Crippen LogP contribution < -0.4 is 11.4 Å². The Bertz CT molecular complexity index is 532. The van der Waals surface area contributed by atoms with Gasteiger partial charge >= 0.3 is 5.69 Å². The van der Waals surface area contributed by atoms with Gasteiger partial charge in [-0.05, 0) is 6.07 Å². The van der Waals surface area contributed by atoms with Crippen LogP contribution in [-0.2, 0) is 9.47 Å². The summed E-state index contributed by atoms with van der Waals surface area (Å²) in [5.74, 6) is 0.0562. The monoisotopic (exact) mass is 257 g/mol. The molecule has 0 saturated carbocycles. The number of nitrogens with zero attached hydrogens (tertiary/aromatic N) is 2. The van der Waals surface area contributed by atoms with E-state index < -0.39 is 29.8 Å². The molecule has 1 aromatic rings. The third kappa shape index (κ3) is 1.39. The predicted molar refractivity (Wildman–Crippen MR) is 57.5 cm³/mol. The van der Waals surface area contributed by atoms with E-state index in [-0.39, 0.29) is 19.0 Å². The van der Waals surface area contributed by atoms with E-state index in [1.54, 1.807) is 0 Å². The highest BCUT2D eigenvalue weighted by atomic mass is 19.1. The lowest BCUT2D eigenvalue weighted by Gasteiger charge is -2.41. The fourth-order valence-electron chi connectivity index (χ4n) is 2.31. The Kier molecular flexibility index (Phi) is 2.40. The maximum absolute atomic E-state index is 14.1. The van der Waals surface area contributed by atoms with Crippen molar-refractivity contribution in [2.24, 2.45) is 0 Å². The lowest BCUT2D eigenvalue weighted by atomic mass is 9.92. The first-order valence-corrected chi connectivity index (χ1v) is 5.46. The molecule has 3 N–H and O–H groups in total. The van der Waals surface area contributed by atoms with E-state index in [4.69, 9.17) is 15.2 Å². The molecule has 2 fully saturated rings. The van der Waals surface area contributed by atoms with Gasteiger partial charge in [0, 0.05) is 6.20 Å². The second kappa shape index (κ2) is 3.74. The van der Waals surface area contributed by atoms with Gasteiger partial charge in [0.2, 0.25) is 0 Å². The van der Waals surface area contributed by atoms with Crippen molar-refractivity contribution in [3.8, 4) is 0 Å². The first kappa shape index (κ1) is 11.6. The molecule has 0 radical (unpaired) electrons. The summed E-state index contributed by atoms with van der Waals surface area (Å²) < 4.78 is 25.6. The Hall–Kier alpha value is -1.51. The SMILES string of the molecule is Nc1ccn([C@@H]2O[C@@]3(CO)CO[C@H]3[C@@H]2F)c(=O)n1. The molecule has 2 aliphatic rings. The van der Waals surface area contributed by atoms with Crippen LogP contribution in [0.5, 0.6) is 0 Å². The highest BCUT2D eigenvalue weighted by Gasteiger charge is 2.63. The Morgan fingerprint density at radius 3 is 3.00 bits per heavy atom. The maximum Gasteiger partial charge on any atom is 0.351 e. The molecule has 98 valence electrons. The van der Waals surface area contributed by atoms with Crippen LogP contribution in [0.25, 0.3) is 0 Å². The van der Waals surface area contributed by atoms with Crippen LogP contribution >= 0.6 is 0 Å². The average molecular weight is 257 g/mol. The predicted octanol–water partition coefficient (Wildman–Crippen LogP) is -1.18. The van der Waals surface area contributed by atoms with Gasteiger partial charge in [-0.2, -0.15) is 4.98 Å². The van der Waals surface area contributed by atoms with Gasteiger partial charge in [-0.15, -0.1) is 0 Å². The van der Waals surface area contributed by atoms with Crippen LogP contribution in [0.3, 0.4) is 0 Å². The average Bonchev–Trinajstić information content (AvgIpc) is 2.48. The quantitative estimate of drug-likeness (QED) is 0.692. The highest BCUT2D eigenvalue weighted by Crippen LogP contribution is 2.46. The van der Waals surface area contributed by atoms with Crippen molar-refractivity contribution in [3.05, 3.63) is 22.7 Å². The molecule has 0 aromatic carbocycles. The summed E-state index contributed by atoms with van der Waals surface area (Å²) >= 11 is 0. The van der Waals surface area contributed by atoms with Crippen molar-refractivity contribution >= 4 is 5.82 Å². The summed E-state index contributed by atoms with van der Waals surface area (Å²) in [6.07, 6.45) is -2.21. The molecular weight excluding hydrogens is 245 g/mol. The third-order valence-corrected chi connectivity index (χ3v) is 3.34. The fourth-order valence-corrected chi connectivity index (χ4v) is 2.31. The number of hydrogen-bond donors (Lipinski definition) is 2. The zero-order valence-corrected chi connectivity index (χ0v) is 9.32. The van der Waals surface area contributed by atoms with Gasteiger partial charge in [0.25, 0.3) is 0 Å². The number of aliphatic hydroxyl groups excluding tert-OH is 1. The number of ether oxygens (including phenoxy) is 2. The Balaban J connectivity index is 1.96. The second-order valence-corrected chi connectivity index (χ2v) is 4.45. The molecule has 3 heterocycles. The third-order valence-electron chi connectivity index (χ3n) is 3.34. The lowest BCUT2D eigenvalue weighted by molar-refractivity contribution is -0.245. The number of alkyl halides is 1. The standard InChI is InChI=1S/C10H12FN3O4/c11-6-7-10(3-15,4-17-7)18-8(6)14-2-1-5(12)13-9(14)16/h1-2,6-8,15H,3-4H2,(H2,12,13,16)/t6-,7-,8+,10-/m0/s1. The molecular formula is C10H12FN3O4. The van der Waals surface area contributed by atoms with Crippen molar-refractivity contribution in [1.82, 2.24) is 9.55 Å². The molecule has 4 atom stereocenters. The summed E-state index contributed by atoms with van der Waals surface area (Å²) in [5, 5.41) is 9.25. The molecule has 0 aliphatic carbocycles. The number of nitrogens with two attached hydrogens (primary N) is 1. The van der Waals surface area contributed by atoms with Gasteiger partial charge in [-0.25, -0.2) is 9.18 Å². The summed E-state index contributed by atoms with van der Waals surface area (Å²) in [7, 11) is 0. The first-order chi connectivity index (χ1) is 8.57. The van der Waals surface area contributed by atoms with Gasteiger partial charge in [0.05, 0.1) is 13.2 Å². The number of aromatic nitrogens is 2. The topological polar surface area (TPSA) is 99.6 Å². The number of aliphatic hydroxyl groups is 1. The minimum absolute atomic E-state index is 0.0562. The van der Waals surface area contributed by atoms with Gasteiger partial charge in [0.15, 0.2) is 12.4 Å². The lowest BCUT2D eigenvalue weighted by Crippen LogP contribution is -2.60. The molecule has 0 unspecified atom stereocenters. The molecule has 1 aromatic heterocycles. The number of halogens is 1. The smallest absolute Gasteiger partial charge is 0.351 e. The molecule has 0 amide bonds. The van der Waals surface area contributed by atoms with Crippen molar-refractivity contribution in [3.63, 3.8) is 0 Å². The van der Waals surface area contributed by atoms with Gasteiger partial charge < -0.3 is 20.3 Å². The fraction of sp³-hybridized carbons (Fsp3) is 0.600. The van der Waals surface area contributed by atoms with E-state index in [0.717, 1.165) is 4.57 Å². The molecule has 2 saturated heterocycles. The minimum atomic E-state index is -1.53. The summed E-state index contributed by atoms with van der Waals surface area (Å²) in [5.41, 5.74) is 3.61. The van der Waals surface area contributed by atoms with Crippen molar-refractivity contribution in [2.45, 2.75) is 24.1 Å². The second-order valence-electron chi connectivity index (χ2n) is 4.45. The molecule has 8 heteroatoms. The Morgan fingerprint density at radius 1 is 1.72 bits per heavy atom. The molecule has 7 nitrogen and oxygen atoms in total. The van der Waals surface area contributed by atoms with Gasteiger partial charge in [-0.1, -0.05) is 0 Å². The van der Waals surface area contributed by atoms with Crippen molar-refractivity contribution in [1.29, 1.82) is 0 Å². The number of nitrogen functional groups attached to an aromatic ring is 1. The summed E-state index contributed by atoms with van der Waals surface area (Å²) in [6.45, 7) is -0.242. The zero-order valence-electron chi connectivity index (χ0n) is 9.32. The summed E-state index contributed by atoms with van der Waals surface area (Å²) in [4.78, 5) is 15.1. The molecule has 2 aliphatic heterocycles. The number of fused-ring (bicyclic) bond motifs is 1. The van der Waals surface area contributed by atoms with Crippen LogP contribution in [0, 0.1) is 0 Å². The highest BCUT2D eigenvalue weighted by molar-refractivity contribution is 5.24. The van der Waals surface area contributed by atoms with Crippen LogP contribution in [0.2, 0.25) is 0 Å². The minimum Gasteiger partial charge on any atom is -0.393 e.